The van der Waals surface area contributed by atoms with Gasteiger partial charge in [-0.25, -0.2) is 0 Å². The average molecular weight is 317 g/mol. The zero-order chi connectivity index (χ0) is 15.5. The molecule has 5 heteroatoms. The van der Waals surface area contributed by atoms with Crippen molar-refractivity contribution in [1.29, 1.82) is 0 Å². The highest BCUT2D eigenvalue weighted by atomic mass is 32.1. The molecule has 2 aromatic rings. The van der Waals surface area contributed by atoms with Crippen LogP contribution in [0.3, 0.4) is 0 Å². The van der Waals surface area contributed by atoms with Gasteiger partial charge in [0.15, 0.2) is 11.5 Å². The average Bonchev–Trinajstić information content (AvgIpc) is 3.24. The SMILES string of the molecule is COc1ccc(C2CCCN2C(=O)c2cccs2)cc1OC. The van der Waals surface area contributed by atoms with Crippen LogP contribution in [0.15, 0.2) is 35.7 Å². The van der Waals surface area contributed by atoms with Gasteiger partial charge < -0.3 is 14.4 Å². The van der Waals surface area contributed by atoms with Gasteiger partial charge in [-0.2, -0.15) is 0 Å². The summed E-state index contributed by atoms with van der Waals surface area (Å²) in [5.74, 6) is 1.53. The summed E-state index contributed by atoms with van der Waals surface area (Å²) in [7, 11) is 3.25. The Morgan fingerprint density at radius 3 is 2.73 bits per heavy atom. The summed E-state index contributed by atoms with van der Waals surface area (Å²) >= 11 is 1.49. The van der Waals surface area contributed by atoms with Gasteiger partial charge in [0.05, 0.1) is 25.1 Å². The van der Waals surface area contributed by atoms with Crippen LogP contribution in [0.1, 0.15) is 34.1 Å². The third-order valence-corrected chi connectivity index (χ3v) is 4.90. The van der Waals surface area contributed by atoms with Crippen LogP contribution >= 0.6 is 11.3 Å². The van der Waals surface area contributed by atoms with Crippen molar-refractivity contribution in [2.75, 3.05) is 20.8 Å². The van der Waals surface area contributed by atoms with Crippen LogP contribution in [-0.4, -0.2) is 31.6 Å². The van der Waals surface area contributed by atoms with Gasteiger partial charge in [-0.05, 0) is 42.0 Å². The number of carbonyl (C=O) groups is 1. The van der Waals surface area contributed by atoms with Crippen molar-refractivity contribution in [3.8, 4) is 11.5 Å². The van der Waals surface area contributed by atoms with Crippen molar-refractivity contribution in [2.24, 2.45) is 0 Å². The second-order valence-electron chi connectivity index (χ2n) is 5.25. The molecule has 1 aromatic heterocycles. The molecule has 0 spiro atoms. The highest BCUT2D eigenvalue weighted by molar-refractivity contribution is 7.12. The molecule has 1 saturated heterocycles. The van der Waals surface area contributed by atoms with E-state index in [1.54, 1.807) is 14.2 Å². The molecular formula is C17H19NO3S. The van der Waals surface area contributed by atoms with Crippen molar-refractivity contribution in [2.45, 2.75) is 18.9 Å². The monoisotopic (exact) mass is 317 g/mol. The van der Waals surface area contributed by atoms with Crippen molar-refractivity contribution < 1.29 is 14.3 Å². The summed E-state index contributed by atoms with van der Waals surface area (Å²) in [5, 5.41) is 1.94. The molecule has 0 bridgehead atoms. The van der Waals surface area contributed by atoms with Crippen LogP contribution in [0, 0.1) is 0 Å². The Labute approximate surface area is 134 Å². The molecule has 116 valence electrons. The lowest BCUT2D eigenvalue weighted by Gasteiger charge is -2.25. The number of hydrogen-bond acceptors (Lipinski definition) is 4. The number of hydrogen-bond donors (Lipinski definition) is 0. The molecule has 22 heavy (non-hydrogen) atoms. The molecule has 1 aliphatic rings. The zero-order valence-corrected chi connectivity index (χ0v) is 13.6. The molecule has 1 amide bonds. The van der Waals surface area contributed by atoms with Gasteiger partial charge in [0.1, 0.15) is 0 Å². The summed E-state index contributed by atoms with van der Waals surface area (Å²) in [6.07, 6.45) is 2.00. The molecule has 0 aliphatic carbocycles. The fourth-order valence-corrected chi connectivity index (χ4v) is 3.64. The standard InChI is InChI=1S/C17H19NO3S/c1-20-14-8-7-12(11-15(14)21-2)13-5-3-9-18(13)17(19)16-6-4-10-22-16/h4,6-8,10-11,13H,3,5,9H2,1-2H3. The molecule has 0 saturated carbocycles. The van der Waals surface area contributed by atoms with Crippen molar-refractivity contribution >= 4 is 17.2 Å². The lowest BCUT2D eigenvalue weighted by Crippen LogP contribution is -2.29. The van der Waals surface area contributed by atoms with E-state index in [1.807, 2.05) is 40.6 Å². The smallest absolute Gasteiger partial charge is 0.264 e. The summed E-state index contributed by atoms with van der Waals surface area (Å²) in [4.78, 5) is 15.4. The molecule has 4 nitrogen and oxygen atoms in total. The minimum Gasteiger partial charge on any atom is -0.493 e. The van der Waals surface area contributed by atoms with Crippen molar-refractivity contribution in [3.63, 3.8) is 0 Å². The quantitative estimate of drug-likeness (QED) is 0.862. The zero-order valence-electron chi connectivity index (χ0n) is 12.7. The number of methoxy groups -OCH3 is 2. The minimum atomic E-state index is 0.106. The molecule has 0 radical (unpaired) electrons. The number of amides is 1. The maximum absolute atomic E-state index is 12.6. The third kappa shape index (κ3) is 2.68. The molecule has 1 aliphatic heterocycles. The minimum absolute atomic E-state index is 0.106. The predicted octanol–water partition coefficient (Wildman–Crippen LogP) is 3.74. The first-order valence-corrected chi connectivity index (χ1v) is 8.19. The second-order valence-corrected chi connectivity index (χ2v) is 6.20. The number of nitrogens with zero attached hydrogens (tertiary/aromatic N) is 1. The van der Waals surface area contributed by atoms with Gasteiger partial charge in [-0.1, -0.05) is 12.1 Å². The number of ether oxygens (including phenoxy) is 2. The third-order valence-electron chi connectivity index (χ3n) is 4.04. The fraction of sp³-hybridized carbons (Fsp3) is 0.353. The van der Waals surface area contributed by atoms with Gasteiger partial charge in [-0.3, -0.25) is 4.79 Å². The highest BCUT2D eigenvalue weighted by Gasteiger charge is 2.31. The van der Waals surface area contributed by atoms with Crippen LogP contribution in [0.4, 0.5) is 0 Å². The maximum Gasteiger partial charge on any atom is 0.264 e. The van der Waals surface area contributed by atoms with Gasteiger partial charge in [-0.15, -0.1) is 11.3 Å². The van der Waals surface area contributed by atoms with E-state index in [0.29, 0.717) is 11.5 Å². The lowest BCUT2D eigenvalue weighted by molar-refractivity contribution is 0.0740. The van der Waals surface area contributed by atoms with Crippen LogP contribution < -0.4 is 9.47 Å². The number of carbonyl (C=O) groups excluding carboxylic acids is 1. The fourth-order valence-electron chi connectivity index (χ4n) is 2.96. The van der Waals surface area contributed by atoms with Crippen molar-refractivity contribution in [3.05, 3.63) is 46.2 Å². The Hall–Kier alpha value is -2.01. The van der Waals surface area contributed by atoms with Crippen molar-refractivity contribution in [1.82, 2.24) is 4.90 Å². The van der Waals surface area contributed by atoms with Crippen LogP contribution in [0.2, 0.25) is 0 Å². The van der Waals surface area contributed by atoms with Crippen LogP contribution in [0.25, 0.3) is 0 Å². The molecular weight excluding hydrogens is 298 g/mol. The van der Waals surface area contributed by atoms with E-state index in [2.05, 4.69) is 0 Å². The molecule has 3 rings (SSSR count). The lowest BCUT2D eigenvalue weighted by atomic mass is 10.0. The first kappa shape index (κ1) is 14.9. The maximum atomic E-state index is 12.6. The number of rotatable bonds is 4. The second kappa shape index (κ2) is 6.40. The summed E-state index contributed by atoms with van der Waals surface area (Å²) in [6.45, 7) is 0.801. The molecule has 1 aromatic carbocycles. The highest BCUT2D eigenvalue weighted by Crippen LogP contribution is 2.37. The Kier molecular flexibility index (Phi) is 4.34. The Bertz CT molecular complexity index is 654. The normalized spacial score (nSPS) is 17.5. The van der Waals surface area contributed by atoms with Crippen LogP contribution in [0.5, 0.6) is 11.5 Å². The molecule has 1 unspecified atom stereocenters. The summed E-state index contributed by atoms with van der Waals surface area (Å²) in [6, 6.07) is 9.81. The Morgan fingerprint density at radius 1 is 1.23 bits per heavy atom. The predicted molar refractivity (Wildman–Crippen MR) is 86.9 cm³/mol. The summed E-state index contributed by atoms with van der Waals surface area (Å²) < 4.78 is 10.7. The van der Waals surface area contributed by atoms with E-state index in [9.17, 15) is 4.79 Å². The largest absolute Gasteiger partial charge is 0.493 e. The van der Waals surface area contributed by atoms with E-state index in [0.717, 1.165) is 29.8 Å². The van der Waals surface area contributed by atoms with E-state index in [4.69, 9.17) is 9.47 Å². The first-order chi connectivity index (χ1) is 10.7. The summed E-state index contributed by atoms with van der Waals surface area (Å²) in [5.41, 5.74) is 1.10. The van der Waals surface area contributed by atoms with Crippen LogP contribution in [-0.2, 0) is 0 Å². The van der Waals surface area contributed by atoms with Gasteiger partial charge in [0, 0.05) is 6.54 Å². The van der Waals surface area contributed by atoms with E-state index in [-0.39, 0.29) is 11.9 Å². The van der Waals surface area contributed by atoms with Gasteiger partial charge >= 0.3 is 0 Å². The van der Waals surface area contributed by atoms with Gasteiger partial charge in [0.2, 0.25) is 0 Å². The molecule has 1 fully saturated rings. The van der Waals surface area contributed by atoms with E-state index in [1.165, 1.54) is 11.3 Å². The molecule has 0 N–H and O–H groups in total. The molecule has 1 atom stereocenters. The molecule has 2 heterocycles. The Balaban J connectivity index is 1.88. The number of benzene rings is 1. The number of thiophene rings is 1. The van der Waals surface area contributed by atoms with Gasteiger partial charge in [0.25, 0.3) is 5.91 Å². The first-order valence-electron chi connectivity index (χ1n) is 7.31. The Morgan fingerprint density at radius 2 is 2.05 bits per heavy atom. The topological polar surface area (TPSA) is 38.8 Å². The number of likely N-dealkylation sites (tertiary alicyclic amines) is 1. The van der Waals surface area contributed by atoms with E-state index >= 15 is 0 Å². The van der Waals surface area contributed by atoms with E-state index < -0.39 is 0 Å².